The average molecular weight is 349 g/mol. The second-order valence-electron chi connectivity index (χ2n) is 6.02. The Morgan fingerprint density at radius 2 is 1.42 bits per heavy atom. The molecule has 0 bridgehead atoms. The van der Waals surface area contributed by atoms with E-state index in [1.54, 1.807) is 6.07 Å². The van der Waals surface area contributed by atoms with Crippen LogP contribution >= 0.6 is 0 Å². The van der Waals surface area contributed by atoms with Gasteiger partial charge in [-0.1, -0.05) is 60.7 Å². The third-order valence-corrected chi connectivity index (χ3v) is 4.10. The highest BCUT2D eigenvalue weighted by molar-refractivity contribution is 5.90. The van der Waals surface area contributed by atoms with Crippen molar-refractivity contribution in [3.8, 4) is 0 Å². The second kappa shape index (κ2) is 8.30. The van der Waals surface area contributed by atoms with Crippen molar-refractivity contribution in [2.75, 3.05) is 12.0 Å². The molecule has 0 aromatic heterocycles. The van der Waals surface area contributed by atoms with Crippen molar-refractivity contribution < 1.29 is 13.9 Å². The molecule has 0 saturated heterocycles. The maximum atomic E-state index is 14.1. The van der Waals surface area contributed by atoms with Crippen LogP contribution in [-0.4, -0.2) is 13.1 Å². The number of carbonyl (C=O) groups excluding carboxylic acids is 1. The van der Waals surface area contributed by atoms with E-state index in [9.17, 15) is 9.18 Å². The molecule has 3 nitrogen and oxygen atoms in total. The molecule has 0 spiro atoms. The van der Waals surface area contributed by atoms with Crippen LogP contribution in [0.2, 0.25) is 0 Å². The molecular weight excluding hydrogens is 329 g/mol. The van der Waals surface area contributed by atoms with Crippen molar-refractivity contribution in [2.45, 2.75) is 13.1 Å². The normalized spacial score (nSPS) is 10.4. The van der Waals surface area contributed by atoms with E-state index in [-0.39, 0.29) is 5.56 Å². The molecule has 132 valence electrons. The molecule has 0 aliphatic heterocycles. The molecule has 0 radical (unpaired) electrons. The molecule has 3 aromatic carbocycles. The Balaban J connectivity index is 1.96. The molecule has 0 N–H and O–H groups in total. The first-order chi connectivity index (χ1) is 12.7. The Labute approximate surface area is 152 Å². The SMILES string of the molecule is COC(=O)c1cc(F)cc(N(Cc2ccccc2)Cc2ccccc2)c1. The van der Waals surface area contributed by atoms with Crippen LogP contribution < -0.4 is 4.90 Å². The van der Waals surface area contributed by atoms with Gasteiger partial charge >= 0.3 is 5.97 Å². The number of anilines is 1. The van der Waals surface area contributed by atoms with Gasteiger partial charge in [-0.3, -0.25) is 0 Å². The van der Waals surface area contributed by atoms with Crippen molar-refractivity contribution in [1.82, 2.24) is 0 Å². The van der Waals surface area contributed by atoms with Gasteiger partial charge in [-0.15, -0.1) is 0 Å². The van der Waals surface area contributed by atoms with Gasteiger partial charge in [0, 0.05) is 18.8 Å². The highest BCUT2D eigenvalue weighted by atomic mass is 19.1. The number of hydrogen-bond donors (Lipinski definition) is 0. The first-order valence-electron chi connectivity index (χ1n) is 8.37. The Morgan fingerprint density at radius 1 is 0.885 bits per heavy atom. The number of hydrogen-bond acceptors (Lipinski definition) is 3. The molecular formula is C22H20FNO2. The van der Waals surface area contributed by atoms with Crippen LogP contribution in [0.3, 0.4) is 0 Å². The molecule has 0 aliphatic rings. The zero-order valence-corrected chi connectivity index (χ0v) is 14.6. The molecule has 0 amide bonds. The number of halogens is 1. The lowest BCUT2D eigenvalue weighted by Gasteiger charge is -2.26. The minimum absolute atomic E-state index is 0.202. The summed E-state index contributed by atoms with van der Waals surface area (Å²) in [5.41, 5.74) is 3.05. The van der Waals surface area contributed by atoms with Crippen molar-refractivity contribution >= 4 is 11.7 Å². The lowest BCUT2D eigenvalue weighted by atomic mass is 10.1. The molecule has 0 fully saturated rings. The predicted octanol–water partition coefficient (Wildman–Crippen LogP) is 4.82. The average Bonchev–Trinajstić information content (AvgIpc) is 2.68. The van der Waals surface area contributed by atoms with Gasteiger partial charge in [-0.25, -0.2) is 9.18 Å². The maximum Gasteiger partial charge on any atom is 0.338 e. The molecule has 4 heteroatoms. The minimum atomic E-state index is -0.551. The van der Waals surface area contributed by atoms with Crippen molar-refractivity contribution in [1.29, 1.82) is 0 Å². The lowest BCUT2D eigenvalue weighted by Crippen LogP contribution is -2.22. The lowest BCUT2D eigenvalue weighted by molar-refractivity contribution is 0.0600. The quantitative estimate of drug-likeness (QED) is 0.598. The topological polar surface area (TPSA) is 29.5 Å². The van der Waals surface area contributed by atoms with Gasteiger partial charge in [0.05, 0.1) is 12.7 Å². The van der Waals surface area contributed by atoms with Crippen LogP contribution in [-0.2, 0) is 17.8 Å². The van der Waals surface area contributed by atoms with Crippen LogP contribution in [0.1, 0.15) is 21.5 Å². The molecule has 26 heavy (non-hydrogen) atoms. The number of esters is 1. The predicted molar refractivity (Wildman–Crippen MR) is 101 cm³/mol. The van der Waals surface area contributed by atoms with Crippen molar-refractivity contribution in [3.05, 3.63) is 101 Å². The highest BCUT2D eigenvalue weighted by Gasteiger charge is 2.14. The summed E-state index contributed by atoms with van der Waals surface area (Å²) < 4.78 is 18.9. The molecule has 0 aliphatic carbocycles. The minimum Gasteiger partial charge on any atom is -0.465 e. The van der Waals surface area contributed by atoms with Crippen LogP contribution in [0.4, 0.5) is 10.1 Å². The molecule has 0 atom stereocenters. The fourth-order valence-corrected chi connectivity index (χ4v) is 2.84. The van der Waals surface area contributed by atoms with E-state index in [4.69, 9.17) is 4.74 Å². The number of nitrogens with zero attached hydrogens (tertiary/aromatic N) is 1. The molecule has 0 heterocycles. The van der Waals surface area contributed by atoms with Gasteiger partial charge in [0.25, 0.3) is 0 Å². The van der Waals surface area contributed by atoms with Crippen LogP contribution in [0.15, 0.2) is 78.9 Å². The van der Waals surface area contributed by atoms with Gasteiger partial charge in [-0.05, 0) is 29.3 Å². The molecule has 0 saturated carbocycles. The van der Waals surface area contributed by atoms with Crippen LogP contribution in [0.5, 0.6) is 0 Å². The van der Waals surface area contributed by atoms with Gasteiger partial charge in [0.1, 0.15) is 5.82 Å². The fraction of sp³-hybridized carbons (Fsp3) is 0.136. The molecule has 3 rings (SSSR count). The summed E-state index contributed by atoms with van der Waals surface area (Å²) in [6.07, 6.45) is 0. The van der Waals surface area contributed by atoms with Gasteiger partial charge in [-0.2, -0.15) is 0 Å². The molecule has 3 aromatic rings. The number of methoxy groups -OCH3 is 1. The maximum absolute atomic E-state index is 14.1. The first kappa shape index (κ1) is 17.7. The van der Waals surface area contributed by atoms with Crippen LogP contribution in [0, 0.1) is 5.82 Å². The number of rotatable bonds is 6. The van der Waals surface area contributed by atoms with E-state index >= 15 is 0 Å². The summed E-state index contributed by atoms with van der Waals surface area (Å²) in [4.78, 5) is 13.9. The Kier molecular flexibility index (Phi) is 5.64. The summed E-state index contributed by atoms with van der Waals surface area (Å²) in [6.45, 7) is 1.19. The summed E-state index contributed by atoms with van der Waals surface area (Å²) in [6, 6.07) is 24.2. The van der Waals surface area contributed by atoms with Crippen molar-refractivity contribution in [2.24, 2.45) is 0 Å². The first-order valence-corrected chi connectivity index (χ1v) is 8.37. The Hall–Kier alpha value is -3.14. The fourth-order valence-electron chi connectivity index (χ4n) is 2.84. The van der Waals surface area contributed by atoms with Crippen LogP contribution in [0.25, 0.3) is 0 Å². The molecule has 0 unspecified atom stereocenters. The van der Waals surface area contributed by atoms with E-state index in [1.807, 2.05) is 65.6 Å². The van der Waals surface area contributed by atoms with Crippen molar-refractivity contribution in [3.63, 3.8) is 0 Å². The zero-order valence-electron chi connectivity index (χ0n) is 14.6. The largest absolute Gasteiger partial charge is 0.465 e. The summed E-state index contributed by atoms with van der Waals surface area (Å²) in [5, 5.41) is 0. The van der Waals surface area contributed by atoms with E-state index in [0.29, 0.717) is 18.8 Å². The number of benzene rings is 3. The number of carbonyl (C=O) groups is 1. The van der Waals surface area contributed by atoms with E-state index in [0.717, 1.165) is 11.1 Å². The van der Waals surface area contributed by atoms with Gasteiger partial charge in [0.15, 0.2) is 0 Å². The summed E-state index contributed by atoms with van der Waals surface area (Å²) in [7, 11) is 1.29. The highest BCUT2D eigenvalue weighted by Crippen LogP contribution is 2.23. The third-order valence-electron chi connectivity index (χ3n) is 4.10. The number of ether oxygens (including phenoxy) is 1. The second-order valence-corrected chi connectivity index (χ2v) is 6.02. The third kappa shape index (κ3) is 4.48. The smallest absolute Gasteiger partial charge is 0.338 e. The monoisotopic (exact) mass is 349 g/mol. The summed E-state index contributed by atoms with van der Waals surface area (Å²) >= 11 is 0. The van der Waals surface area contributed by atoms with E-state index in [1.165, 1.54) is 19.2 Å². The van der Waals surface area contributed by atoms with Gasteiger partial charge in [0.2, 0.25) is 0 Å². The summed E-state index contributed by atoms with van der Waals surface area (Å²) in [5.74, 6) is -1.01. The Morgan fingerprint density at radius 3 is 1.92 bits per heavy atom. The standard InChI is InChI=1S/C22H20FNO2/c1-26-22(25)19-12-20(23)14-21(13-19)24(15-17-8-4-2-5-9-17)16-18-10-6-3-7-11-18/h2-14H,15-16H2,1H3. The van der Waals surface area contributed by atoms with E-state index in [2.05, 4.69) is 0 Å². The zero-order chi connectivity index (χ0) is 18.4. The Bertz CT molecular complexity index is 824. The van der Waals surface area contributed by atoms with Gasteiger partial charge < -0.3 is 9.64 Å². The van der Waals surface area contributed by atoms with E-state index < -0.39 is 11.8 Å².